The summed E-state index contributed by atoms with van der Waals surface area (Å²) in [5.74, 6) is -1.34. The van der Waals surface area contributed by atoms with Gasteiger partial charge in [0.15, 0.2) is 0 Å². The highest BCUT2D eigenvalue weighted by Crippen LogP contribution is 2.25. The number of sulfonamides is 1. The molecule has 0 aromatic heterocycles. The number of carbonyl (C=O) groups is 1. The standard InChI is InChI=1S/C14H15F3N2O4S/c1-2-24(21,22)19-8-7-10(9-19)13(20)18-11-3-5-12(6-4-11)23-14(15,16)17/h2-6,10H,1,7-9H2,(H,18,20)/t10-/m1/s1. The Morgan fingerprint density at radius 2 is 1.96 bits per heavy atom. The number of amides is 1. The highest BCUT2D eigenvalue weighted by Gasteiger charge is 2.34. The van der Waals surface area contributed by atoms with Gasteiger partial charge in [0.1, 0.15) is 5.75 Å². The maximum atomic E-state index is 12.1. The number of hydrogen-bond acceptors (Lipinski definition) is 4. The SMILES string of the molecule is C=CS(=O)(=O)N1CC[C@@H](C(=O)Nc2ccc(OC(F)(F)F)cc2)C1. The topological polar surface area (TPSA) is 75.7 Å². The minimum absolute atomic E-state index is 0.0372. The van der Waals surface area contributed by atoms with E-state index in [1.165, 1.54) is 12.1 Å². The molecule has 24 heavy (non-hydrogen) atoms. The molecule has 1 aliphatic rings. The first-order valence-corrected chi connectivity index (χ1v) is 8.40. The van der Waals surface area contributed by atoms with E-state index in [-0.39, 0.29) is 13.1 Å². The van der Waals surface area contributed by atoms with Crippen molar-refractivity contribution in [3.63, 3.8) is 0 Å². The highest BCUT2D eigenvalue weighted by atomic mass is 32.2. The van der Waals surface area contributed by atoms with Crippen LogP contribution in [0.1, 0.15) is 6.42 Å². The Kier molecular flexibility index (Phi) is 5.19. The van der Waals surface area contributed by atoms with Gasteiger partial charge in [-0.2, -0.15) is 4.31 Å². The van der Waals surface area contributed by atoms with Crippen molar-refractivity contribution in [1.82, 2.24) is 4.31 Å². The van der Waals surface area contributed by atoms with Crippen molar-refractivity contribution in [3.8, 4) is 5.75 Å². The van der Waals surface area contributed by atoms with E-state index >= 15 is 0 Å². The first kappa shape index (κ1) is 18.3. The number of benzene rings is 1. The number of halogens is 3. The molecule has 1 amide bonds. The summed E-state index contributed by atoms with van der Waals surface area (Å²) < 4.78 is 64.4. The van der Waals surface area contributed by atoms with Crippen LogP contribution in [0.3, 0.4) is 0 Å². The van der Waals surface area contributed by atoms with E-state index in [0.29, 0.717) is 12.1 Å². The van der Waals surface area contributed by atoms with Gasteiger partial charge in [-0.3, -0.25) is 4.79 Å². The normalized spacial score (nSPS) is 19.0. The van der Waals surface area contributed by atoms with Crippen molar-refractivity contribution in [2.75, 3.05) is 18.4 Å². The molecular weight excluding hydrogens is 349 g/mol. The number of alkyl halides is 3. The van der Waals surface area contributed by atoms with E-state index in [1.807, 2.05) is 0 Å². The fraction of sp³-hybridized carbons (Fsp3) is 0.357. The first-order chi connectivity index (χ1) is 11.1. The Morgan fingerprint density at radius 1 is 1.33 bits per heavy atom. The van der Waals surface area contributed by atoms with Crippen LogP contribution in [0.2, 0.25) is 0 Å². The Bertz CT molecular complexity index is 717. The molecule has 1 N–H and O–H groups in total. The molecule has 1 aliphatic heterocycles. The lowest BCUT2D eigenvalue weighted by Gasteiger charge is -2.14. The average molecular weight is 364 g/mol. The summed E-state index contributed by atoms with van der Waals surface area (Å²) in [4.78, 5) is 12.1. The van der Waals surface area contributed by atoms with Crippen LogP contribution in [0.25, 0.3) is 0 Å². The largest absolute Gasteiger partial charge is 0.573 e. The van der Waals surface area contributed by atoms with Crippen LogP contribution >= 0.6 is 0 Å². The van der Waals surface area contributed by atoms with Crippen molar-refractivity contribution in [1.29, 1.82) is 0 Å². The van der Waals surface area contributed by atoms with Crippen molar-refractivity contribution in [2.45, 2.75) is 12.8 Å². The molecule has 2 rings (SSSR count). The first-order valence-electron chi connectivity index (χ1n) is 6.90. The molecular formula is C14H15F3N2O4S. The minimum Gasteiger partial charge on any atom is -0.406 e. The van der Waals surface area contributed by atoms with Gasteiger partial charge in [-0.25, -0.2) is 8.42 Å². The van der Waals surface area contributed by atoms with Crippen LogP contribution < -0.4 is 10.1 Å². The summed E-state index contributed by atoms with van der Waals surface area (Å²) in [5.41, 5.74) is 0.291. The van der Waals surface area contributed by atoms with E-state index in [4.69, 9.17) is 0 Å². The van der Waals surface area contributed by atoms with Crippen LogP contribution in [0.4, 0.5) is 18.9 Å². The average Bonchev–Trinajstić information content (AvgIpc) is 2.98. The predicted molar refractivity (Wildman–Crippen MR) is 80.6 cm³/mol. The van der Waals surface area contributed by atoms with Crippen LogP contribution in [0, 0.1) is 5.92 Å². The number of rotatable bonds is 5. The Labute approximate surface area is 136 Å². The maximum absolute atomic E-state index is 12.1. The molecule has 0 bridgehead atoms. The third-order valence-corrected chi connectivity index (χ3v) is 4.92. The zero-order valence-electron chi connectivity index (χ0n) is 12.4. The summed E-state index contributed by atoms with van der Waals surface area (Å²) in [6.07, 6.45) is -4.43. The summed E-state index contributed by atoms with van der Waals surface area (Å²) in [6.45, 7) is 3.48. The van der Waals surface area contributed by atoms with Crippen molar-refractivity contribution >= 4 is 21.6 Å². The Morgan fingerprint density at radius 3 is 2.50 bits per heavy atom. The molecule has 1 aromatic rings. The molecule has 1 fully saturated rings. The number of hydrogen-bond donors (Lipinski definition) is 1. The Balaban J connectivity index is 1.95. The molecule has 0 spiro atoms. The fourth-order valence-corrected chi connectivity index (χ4v) is 3.22. The summed E-state index contributed by atoms with van der Waals surface area (Å²) in [6, 6.07) is 4.69. The van der Waals surface area contributed by atoms with Crippen LogP contribution in [0.15, 0.2) is 36.3 Å². The van der Waals surface area contributed by atoms with Crippen LogP contribution in [0.5, 0.6) is 5.75 Å². The highest BCUT2D eigenvalue weighted by molar-refractivity contribution is 7.92. The molecule has 1 atom stereocenters. The van der Waals surface area contributed by atoms with Gasteiger partial charge in [-0.15, -0.1) is 13.2 Å². The number of ether oxygens (including phenoxy) is 1. The van der Waals surface area contributed by atoms with Gasteiger partial charge in [0.25, 0.3) is 0 Å². The lowest BCUT2D eigenvalue weighted by molar-refractivity contribution is -0.274. The van der Waals surface area contributed by atoms with Crippen molar-refractivity contribution < 1.29 is 31.1 Å². The second kappa shape index (κ2) is 6.81. The number of anilines is 1. The smallest absolute Gasteiger partial charge is 0.406 e. The molecule has 1 aromatic carbocycles. The molecule has 1 heterocycles. The van der Waals surface area contributed by atoms with Crippen LogP contribution in [-0.2, 0) is 14.8 Å². The number of nitrogens with one attached hydrogen (secondary N) is 1. The van der Waals surface area contributed by atoms with E-state index in [1.54, 1.807) is 0 Å². The monoisotopic (exact) mass is 364 g/mol. The van der Waals surface area contributed by atoms with Gasteiger partial charge in [-0.1, -0.05) is 6.58 Å². The van der Waals surface area contributed by atoms with Crippen molar-refractivity contribution in [3.05, 3.63) is 36.3 Å². The summed E-state index contributed by atoms with van der Waals surface area (Å²) in [5, 5.41) is 3.37. The second-order valence-electron chi connectivity index (χ2n) is 5.12. The van der Waals surface area contributed by atoms with Gasteiger partial charge in [0.05, 0.1) is 5.92 Å². The zero-order valence-corrected chi connectivity index (χ0v) is 13.2. The Hall–Kier alpha value is -2.07. The van der Waals surface area contributed by atoms with E-state index in [2.05, 4.69) is 16.6 Å². The van der Waals surface area contributed by atoms with E-state index < -0.39 is 34.0 Å². The third kappa shape index (κ3) is 4.71. The quantitative estimate of drug-likeness (QED) is 0.870. The van der Waals surface area contributed by atoms with Gasteiger partial charge in [-0.05, 0) is 30.7 Å². The molecule has 0 aliphatic carbocycles. The van der Waals surface area contributed by atoms with E-state index in [0.717, 1.165) is 21.8 Å². The predicted octanol–water partition coefficient (Wildman–Crippen LogP) is 2.32. The molecule has 0 radical (unpaired) electrons. The molecule has 0 saturated carbocycles. The number of nitrogens with zero attached hydrogens (tertiary/aromatic N) is 1. The summed E-state index contributed by atoms with van der Waals surface area (Å²) in [7, 11) is -3.57. The number of carbonyl (C=O) groups excluding carboxylic acids is 1. The maximum Gasteiger partial charge on any atom is 0.573 e. The molecule has 132 valence electrons. The lowest BCUT2D eigenvalue weighted by atomic mass is 10.1. The molecule has 6 nitrogen and oxygen atoms in total. The summed E-state index contributed by atoms with van der Waals surface area (Å²) >= 11 is 0. The third-order valence-electron chi connectivity index (χ3n) is 3.45. The van der Waals surface area contributed by atoms with Crippen molar-refractivity contribution in [2.24, 2.45) is 5.92 Å². The van der Waals surface area contributed by atoms with Crippen LogP contribution in [-0.4, -0.2) is 38.1 Å². The zero-order chi connectivity index (χ0) is 18.0. The molecule has 1 saturated heterocycles. The van der Waals surface area contributed by atoms with E-state index in [9.17, 15) is 26.4 Å². The fourth-order valence-electron chi connectivity index (χ4n) is 2.26. The van der Waals surface area contributed by atoms with Gasteiger partial charge >= 0.3 is 6.36 Å². The minimum atomic E-state index is -4.78. The van der Waals surface area contributed by atoms with Gasteiger partial charge in [0.2, 0.25) is 15.9 Å². The van der Waals surface area contributed by atoms with Gasteiger partial charge < -0.3 is 10.1 Å². The molecule has 10 heteroatoms. The second-order valence-corrected chi connectivity index (χ2v) is 7.00. The molecule has 0 unspecified atom stereocenters. The van der Waals surface area contributed by atoms with Gasteiger partial charge in [0, 0.05) is 24.2 Å². The lowest BCUT2D eigenvalue weighted by Crippen LogP contribution is -2.30.